The van der Waals surface area contributed by atoms with Gasteiger partial charge in [-0.05, 0) is 35.9 Å². The van der Waals surface area contributed by atoms with Crippen molar-refractivity contribution in [1.82, 2.24) is 14.8 Å². The van der Waals surface area contributed by atoms with E-state index in [2.05, 4.69) is 17.0 Å². The second-order valence-electron chi connectivity index (χ2n) is 7.24. The molecule has 2 aliphatic rings. The van der Waals surface area contributed by atoms with Gasteiger partial charge in [0.25, 0.3) is 5.91 Å². The van der Waals surface area contributed by atoms with Gasteiger partial charge >= 0.3 is 0 Å². The van der Waals surface area contributed by atoms with Gasteiger partial charge in [0.05, 0.1) is 16.8 Å². The number of piperazine rings is 1. The van der Waals surface area contributed by atoms with E-state index in [1.54, 1.807) is 17.4 Å². The third kappa shape index (κ3) is 3.48. The summed E-state index contributed by atoms with van der Waals surface area (Å²) in [5.41, 5.74) is 2.08. The minimum atomic E-state index is -0.427. The zero-order valence-corrected chi connectivity index (χ0v) is 16.9. The number of halogens is 1. The van der Waals surface area contributed by atoms with Gasteiger partial charge in [0.2, 0.25) is 0 Å². The first-order valence-corrected chi connectivity index (χ1v) is 10.7. The number of carbonyl (C=O) groups excluding carboxylic acids is 1. The molecule has 5 nitrogen and oxygen atoms in total. The number of para-hydroxylation sites is 1. The minimum Gasteiger partial charge on any atom is -0.480 e. The molecule has 2 aromatic carbocycles. The van der Waals surface area contributed by atoms with Crippen LogP contribution in [0.1, 0.15) is 10.6 Å². The van der Waals surface area contributed by atoms with Crippen molar-refractivity contribution < 1.29 is 9.53 Å². The Morgan fingerprint density at radius 3 is 2.82 bits per heavy atom. The lowest BCUT2D eigenvalue weighted by Crippen LogP contribution is -2.51. The summed E-state index contributed by atoms with van der Waals surface area (Å²) in [7, 11) is 0. The molecule has 3 aromatic rings. The van der Waals surface area contributed by atoms with Crippen LogP contribution in [0.15, 0.2) is 42.5 Å². The van der Waals surface area contributed by atoms with E-state index in [9.17, 15) is 4.79 Å². The fourth-order valence-corrected chi connectivity index (χ4v) is 5.07. The van der Waals surface area contributed by atoms with E-state index in [0.29, 0.717) is 11.4 Å². The highest BCUT2D eigenvalue weighted by molar-refractivity contribution is 7.18. The Labute approximate surface area is 172 Å². The van der Waals surface area contributed by atoms with Crippen LogP contribution in [0, 0.1) is 0 Å². The summed E-state index contributed by atoms with van der Waals surface area (Å²) in [6, 6.07) is 13.8. The number of nitrogens with zero attached hydrogens (tertiary/aromatic N) is 3. The van der Waals surface area contributed by atoms with Crippen molar-refractivity contribution in [1.29, 1.82) is 0 Å². The lowest BCUT2D eigenvalue weighted by atomic mass is 10.1. The van der Waals surface area contributed by atoms with Crippen LogP contribution in [0.5, 0.6) is 5.75 Å². The van der Waals surface area contributed by atoms with Crippen molar-refractivity contribution in [2.45, 2.75) is 19.1 Å². The molecule has 1 aromatic heterocycles. The quantitative estimate of drug-likeness (QED) is 0.658. The number of carbonyl (C=O) groups is 1. The van der Waals surface area contributed by atoms with Crippen molar-refractivity contribution in [2.75, 3.05) is 26.2 Å². The number of fused-ring (bicyclic) bond motifs is 2. The van der Waals surface area contributed by atoms with Gasteiger partial charge in [0, 0.05) is 37.6 Å². The first-order valence-electron chi connectivity index (χ1n) is 9.46. The average molecular weight is 414 g/mol. The third-order valence-corrected chi connectivity index (χ3v) is 6.61. The minimum absolute atomic E-state index is 0.0759. The van der Waals surface area contributed by atoms with Crippen LogP contribution in [0.2, 0.25) is 5.02 Å². The van der Waals surface area contributed by atoms with Gasteiger partial charge in [0.1, 0.15) is 10.8 Å². The Hall–Kier alpha value is -2.15. The Morgan fingerprint density at radius 1 is 1.18 bits per heavy atom. The largest absolute Gasteiger partial charge is 0.480 e. The zero-order chi connectivity index (χ0) is 19.1. The van der Waals surface area contributed by atoms with Crippen molar-refractivity contribution in [2.24, 2.45) is 0 Å². The number of hydrogen-bond donors (Lipinski definition) is 0. The number of hydrogen-bond acceptors (Lipinski definition) is 5. The highest BCUT2D eigenvalue weighted by Gasteiger charge is 2.34. The lowest BCUT2D eigenvalue weighted by Gasteiger charge is -2.35. The van der Waals surface area contributed by atoms with Gasteiger partial charge < -0.3 is 9.64 Å². The van der Waals surface area contributed by atoms with Gasteiger partial charge in [-0.2, -0.15) is 0 Å². The summed E-state index contributed by atoms with van der Waals surface area (Å²) in [4.78, 5) is 21.9. The normalized spacial score (nSPS) is 19.6. The molecule has 1 unspecified atom stereocenters. The number of benzene rings is 2. The van der Waals surface area contributed by atoms with Crippen LogP contribution in [-0.2, 0) is 17.8 Å². The monoisotopic (exact) mass is 413 g/mol. The molecule has 0 aliphatic carbocycles. The van der Waals surface area contributed by atoms with Crippen LogP contribution in [-0.4, -0.2) is 53.0 Å². The average Bonchev–Trinajstić information content (AvgIpc) is 3.31. The number of ether oxygens (including phenoxy) is 1. The van der Waals surface area contributed by atoms with Gasteiger partial charge in [-0.1, -0.05) is 23.7 Å². The summed E-state index contributed by atoms with van der Waals surface area (Å²) < 4.78 is 7.09. The summed E-state index contributed by atoms with van der Waals surface area (Å²) in [6.07, 6.45) is 0.171. The SMILES string of the molecule is O=C(C1Cc2cc(Cl)ccc2O1)N1CCN(Cc2nc3ccccc3s2)CC1. The third-order valence-electron chi connectivity index (χ3n) is 5.35. The second-order valence-corrected chi connectivity index (χ2v) is 8.79. The zero-order valence-electron chi connectivity index (χ0n) is 15.3. The number of amides is 1. The molecule has 144 valence electrons. The standard InChI is InChI=1S/C21H20ClN3O2S/c22-15-5-6-17-14(11-15)12-18(27-17)21(26)25-9-7-24(8-10-25)13-20-23-16-3-1-2-4-19(16)28-20/h1-6,11,18H,7-10,12-13H2. The van der Waals surface area contributed by atoms with E-state index in [0.717, 1.165) is 54.6 Å². The predicted octanol–water partition coefficient (Wildman–Crippen LogP) is 3.60. The van der Waals surface area contributed by atoms with Gasteiger partial charge in [-0.25, -0.2) is 4.98 Å². The van der Waals surface area contributed by atoms with E-state index in [1.807, 2.05) is 29.2 Å². The number of rotatable bonds is 3. The Kier molecular flexibility index (Phi) is 4.70. The molecule has 1 saturated heterocycles. The second kappa shape index (κ2) is 7.35. The fourth-order valence-electron chi connectivity index (χ4n) is 3.86. The van der Waals surface area contributed by atoms with E-state index >= 15 is 0 Å². The Balaban J connectivity index is 1.17. The van der Waals surface area contributed by atoms with Gasteiger partial charge in [-0.15, -0.1) is 11.3 Å². The van der Waals surface area contributed by atoms with E-state index in [-0.39, 0.29) is 5.91 Å². The summed E-state index contributed by atoms with van der Waals surface area (Å²) >= 11 is 7.80. The van der Waals surface area contributed by atoms with Crippen molar-refractivity contribution >= 4 is 39.1 Å². The van der Waals surface area contributed by atoms with Crippen LogP contribution in [0.25, 0.3) is 10.2 Å². The molecule has 1 fully saturated rings. The van der Waals surface area contributed by atoms with Crippen molar-refractivity contribution in [3.63, 3.8) is 0 Å². The summed E-state index contributed by atoms with van der Waals surface area (Å²) in [5, 5.41) is 1.81. The molecule has 0 N–H and O–H groups in total. The highest BCUT2D eigenvalue weighted by Crippen LogP contribution is 2.32. The molecule has 0 spiro atoms. The maximum absolute atomic E-state index is 12.9. The van der Waals surface area contributed by atoms with Crippen LogP contribution in [0.3, 0.4) is 0 Å². The van der Waals surface area contributed by atoms with Crippen LogP contribution in [0.4, 0.5) is 0 Å². The summed E-state index contributed by atoms with van der Waals surface area (Å²) in [6.45, 7) is 3.99. The molecule has 1 atom stereocenters. The molecule has 1 amide bonds. The van der Waals surface area contributed by atoms with E-state index in [4.69, 9.17) is 21.3 Å². The van der Waals surface area contributed by atoms with E-state index < -0.39 is 6.10 Å². The Bertz CT molecular complexity index is 996. The highest BCUT2D eigenvalue weighted by atomic mass is 35.5. The first-order chi connectivity index (χ1) is 13.7. The van der Waals surface area contributed by atoms with Gasteiger partial charge in [0.15, 0.2) is 6.10 Å². The van der Waals surface area contributed by atoms with Crippen molar-refractivity contribution in [3.8, 4) is 5.75 Å². The van der Waals surface area contributed by atoms with E-state index in [1.165, 1.54) is 4.70 Å². The first kappa shape index (κ1) is 17.9. The maximum atomic E-state index is 12.9. The molecular weight excluding hydrogens is 394 g/mol. The topological polar surface area (TPSA) is 45.7 Å². The molecular formula is C21H20ClN3O2S. The molecule has 0 saturated carbocycles. The number of aromatic nitrogens is 1. The molecule has 7 heteroatoms. The maximum Gasteiger partial charge on any atom is 0.264 e. The molecule has 2 aliphatic heterocycles. The van der Waals surface area contributed by atoms with Gasteiger partial charge in [-0.3, -0.25) is 9.69 Å². The van der Waals surface area contributed by atoms with Crippen LogP contribution >= 0.6 is 22.9 Å². The lowest BCUT2D eigenvalue weighted by molar-refractivity contribution is -0.139. The molecule has 0 bridgehead atoms. The van der Waals surface area contributed by atoms with Crippen molar-refractivity contribution in [3.05, 3.63) is 58.1 Å². The van der Waals surface area contributed by atoms with Crippen LogP contribution < -0.4 is 4.74 Å². The molecule has 3 heterocycles. The molecule has 0 radical (unpaired) electrons. The molecule has 28 heavy (non-hydrogen) atoms. The predicted molar refractivity (Wildman–Crippen MR) is 111 cm³/mol. The number of thiazole rings is 1. The summed E-state index contributed by atoms with van der Waals surface area (Å²) in [5.74, 6) is 0.851. The Morgan fingerprint density at radius 2 is 2.00 bits per heavy atom. The fraction of sp³-hybridized carbons (Fsp3) is 0.333. The molecule has 5 rings (SSSR count). The smallest absolute Gasteiger partial charge is 0.264 e.